The molecule has 0 aliphatic heterocycles. The van der Waals surface area contributed by atoms with Gasteiger partial charge in [0.2, 0.25) is 0 Å². The molecule has 0 heterocycles. The first-order chi connectivity index (χ1) is 7.91. The van der Waals surface area contributed by atoms with Crippen molar-refractivity contribution in [3.8, 4) is 0 Å². The number of fused-ring (bicyclic) bond motifs is 1. The summed E-state index contributed by atoms with van der Waals surface area (Å²) in [6, 6.07) is 0. The minimum atomic E-state index is -2.70. The van der Waals surface area contributed by atoms with Crippen molar-refractivity contribution in [3.05, 3.63) is 11.6 Å². The van der Waals surface area contributed by atoms with Crippen molar-refractivity contribution in [2.75, 3.05) is 0 Å². The van der Waals surface area contributed by atoms with Gasteiger partial charge in [0.1, 0.15) is 12.3 Å². The van der Waals surface area contributed by atoms with Gasteiger partial charge in [0.25, 0.3) is 0 Å². The lowest BCUT2D eigenvalue weighted by Crippen LogP contribution is -2.53. The molecule has 0 spiro atoms. The van der Waals surface area contributed by atoms with Crippen LogP contribution in [0.3, 0.4) is 0 Å². The molecule has 2 rings (SSSR count). The molecule has 6 atom stereocenters. The molecule has 6 heteroatoms. The van der Waals surface area contributed by atoms with Crippen molar-refractivity contribution < 1.29 is 27.2 Å². The zero-order valence-corrected chi connectivity index (χ0v) is 8.87. The van der Waals surface area contributed by atoms with Gasteiger partial charge in [-0.05, 0) is 6.92 Å². The van der Waals surface area contributed by atoms with Gasteiger partial charge in [0.15, 0.2) is 23.9 Å². The van der Waals surface area contributed by atoms with Gasteiger partial charge in [0.05, 0.1) is 17.4 Å². The maximum Gasteiger partial charge on any atom is 0.173 e. The highest BCUT2D eigenvalue weighted by atomic mass is 19.2. The molecule has 2 saturated carbocycles. The number of alkyl halides is 4. The summed E-state index contributed by atoms with van der Waals surface area (Å²) >= 11 is 0. The zero-order chi connectivity index (χ0) is 12.9. The fraction of sp³-hybridized carbons (Fsp3) is 0.636. The van der Waals surface area contributed by atoms with E-state index in [1.807, 2.05) is 0 Å². The Morgan fingerprint density at radius 1 is 0.824 bits per heavy atom. The Balaban J connectivity index is 2.47. The van der Waals surface area contributed by atoms with E-state index in [-0.39, 0.29) is 5.57 Å². The first-order valence-electron chi connectivity index (χ1n) is 5.22. The van der Waals surface area contributed by atoms with E-state index in [2.05, 4.69) is 0 Å². The average molecular weight is 250 g/mol. The van der Waals surface area contributed by atoms with Crippen LogP contribution in [0.2, 0.25) is 0 Å². The van der Waals surface area contributed by atoms with Crippen LogP contribution < -0.4 is 0 Å². The summed E-state index contributed by atoms with van der Waals surface area (Å²) < 4.78 is 53.3. The molecule has 0 N–H and O–H groups in total. The first-order valence-corrected chi connectivity index (χ1v) is 5.22. The van der Waals surface area contributed by atoms with Crippen LogP contribution in [0.4, 0.5) is 17.6 Å². The molecule has 0 amide bonds. The second-order valence-corrected chi connectivity index (χ2v) is 4.26. The Morgan fingerprint density at radius 2 is 1.18 bits per heavy atom. The fourth-order valence-corrected chi connectivity index (χ4v) is 2.52. The van der Waals surface area contributed by atoms with Gasteiger partial charge in [-0.25, -0.2) is 17.6 Å². The van der Waals surface area contributed by atoms with E-state index < -0.39 is 48.1 Å². The summed E-state index contributed by atoms with van der Waals surface area (Å²) in [5.74, 6) is -5.28. The lowest BCUT2D eigenvalue weighted by molar-refractivity contribution is -0.136. The lowest BCUT2D eigenvalue weighted by Gasteiger charge is -2.34. The maximum absolute atomic E-state index is 13.5. The van der Waals surface area contributed by atoms with Crippen LogP contribution in [-0.4, -0.2) is 36.3 Å². The van der Waals surface area contributed by atoms with E-state index in [0.717, 1.165) is 6.08 Å². The summed E-state index contributed by atoms with van der Waals surface area (Å²) in [6.45, 7) is 1.36. The molecule has 6 unspecified atom stereocenters. The topological polar surface area (TPSA) is 34.1 Å². The highest BCUT2D eigenvalue weighted by molar-refractivity contribution is 6.27. The van der Waals surface area contributed by atoms with Crippen molar-refractivity contribution in [2.24, 2.45) is 11.8 Å². The number of allylic oxidation sites excluding steroid dienone is 2. The molecule has 0 radical (unpaired) electrons. The third kappa shape index (κ3) is 1.46. The average Bonchev–Trinajstić information content (AvgIpc) is 2.55. The monoisotopic (exact) mass is 250 g/mol. The van der Waals surface area contributed by atoms with Crippen LogP contribution in [0.1, 0.15) is 6.92 Å². The summed E-state index contributed by atoms with van der Waals surface area (Å²) in [5, 5.41) is 0. The van der Waals surface area contributed by atoms with Crippen LogP contribution in [0.15, 0.2) is 11.6 Å². The van der Waals surface area contributed by atoms with Crippen LogP contribution in [-0.2, 0) is 9.59 Å². The molecule has 0 aromatic carbocycles. The predicted molar refractivity (Wildman–Crippen MR) is 50.3 cm³/mol. The smallest absolute Gasteiger partial charge is 0.173 e. The normalized spacial score (nSPS) is 46.1. The summed E-state index contributed by atoms with van der Waals surface area (Å²) in [5.41, 5.74) is -0.355. The third-order valence-electron chi connectivity index (χ3n) is 3.41. The Labute approximate surface area is 94.7 Å². The van der Waals surface area contributed by atoms with E-state index in [4.69, 9.17) is 0 Å². The van der Waals surface area contributed by atoms with Crippen LogP contribution in [0.25, 0.3) is 0 Å². The standard InChI is InChI=1S/C11H10F4O2/c1-2-3-10(16)4-5(11(3)17)7(13)9(15)8(14)6(4)12/h2,4-9H,1H3. The Hall–Kier alpha value is -1.20. The second kappa shape index (κ2) is 3.92. The Kier molecular flexibility index (Phi) is 2.83. The number of carbonyl (C=O) groups excluding carboxylic acids is 2. The number of carbonyl (C=O) groups is 2. The summed E-state index contributed by atoms with van der Waals surface area (Å²) in [4.78, 5) is 23.2. The molecule has 94 valence electrons. The van der Waals surface area contributed by atoms with E-state index in [1.54, 1.807) is 0 Å². The number of Topliss-reactive ketones (excluding diaryl/α,β-unsaturated/α-hetero) is 2. The first kappa shape index (κ1) is 12.3. The van der Waals surface area contributed by atoms with E-state index >= 15 is 0 Å². The van der Waals surface area contributed by atoms with Gasteiger partial charge in [-0.3, -0.25) is 9.59 Å². The molecule has 17 heavy (non-hydrogen) atoms. The number of halogens is 4. The van der Waals surface area contributed by atoms with E-state index in [9.17, 15) is 27.2 Å². The third-order valence-corrected chi connectivity index (χ3v) is 3.41. The summed E-state index contributed by atoms with van der Waals surface area (Å²) in [7, 11) is 0. The maximum atomic E-state index is 13.5. The molecule has 0 aromatic rings. The molecule has 0 saturated heterocycles. The van der Waals surface area contributed by atoms with Crippen LogP contribution >= 0.6 is 0 Å². The highest BCUT2D eigenvalue weighted by Crippen LogP contribution is 2.45. The fourth-order valence-electron chi connectivity index (χ4n) is 2.52. The molecule has 0 bridgehead atoms. The van der Waals surface area contributed by atoms with Crippen molar-refractivity contribution >= 4 is 11.6 Å². The van der Waals surface area contributed by atoms with Gasteiger partial charge in [0, 0.05) is 0 Å². The molecular formula is C11H10F4O2. The number of hydrogen-bond donors (Lipinski definition) is 0. The van der Waals surface area contributed by atoms with Crippen molar-refractivity contribution in [2.45, 2.75) is 31.6 Å². The van der Waals surface area contributed by atoms with E-state index in [0.29, 0.717) is 0 Å². The minimum absolute atomic E-state index is 0.355. The number of ketones is 2. The van der Waals surface area contributed by atoms with Crippen LogP contribution in [0, 0.1) is 11.8 Å². The van der Waals surface area contributed by atoms with Gasteiger partial charge in [-0.1, -0.05) is 6.08 Å². The van der Waals surface area contributed by atoms with Crippen molar-refractivity contribution in [1.29, 1.82) is 0 Å². The molecular weight excluding hydrogens is 240 g/mol. The van der Waals surface area contributed by atoms with Crippen molar-refractivity contribution in [1.82, 2.24) is 0 Å². The zero-order valence-electron chi connectivity index (χ0n) is 8.87. The molecule has 0 aromatic heterocycles. The number of rotatable bonds is 0. The van der Waals surface area contributed by atoms with Crippen molar-refractivity contribution in [3.63, 3.8) is 0 Å². The highest BCUT2D eigenvalue weighted by Gasteiger charge is 2.62. The summed E-state index contributed by atoms with van der Waals surface area (Å²) in [6.07, 6.45) is -9.19. The lowest BCUT2D eigenvalue weighted by atomic mass is 9.76. The largest absolute Gasteiger partial charge is 0.294 e. The van der Waals surface area contributed by atoms with E-state index in [1.165, 1.54) is 6.92 Å². The minimum Gasteiger partial charge on any atom is -0.294 e. The van der Waals surface area contributed by atoms with Crippen LogP contribution in [0.5, 0.6) is 0 Å². The SMILES string of the molecule is CC=C1C(=O)C2C(F)C(F)C(F)C(F)C2C1=O. The van der Waals surface area contributed by atoms with Gasteiger partial charge < -0.3 is 0 Å². The molecule has 2 nitrogen and oxygen atoms in total. The van der Waals surface area contributed by atoms with Gasteiger partial charge in [-0.2, -0.15) is 0 Å². The Bertz CT molecular complexity index is 372. The predicted octanol–water partition coefficient (Wildman–Crippen LogP) is 1.68. The van der Waals surface area contributed by atoms with Gasteiger partial charge >= 0.3 is 0 Å². The molecule has 2 aliphatic rings. The quantitative estimate of drug-likeness (QED) is 0.372. The number of hydrogen-bond acceptors (Lipinski definition) is 2. The molecule has 2 aliphatic carbocycles. The van der Waals surface area contributed by atoms with Gasteiger partial charge in [-0.15, -0.1) is 0 Å². The second-order valence-electron chi connectivity index (χ2n) is 4.26. The molecule has 2 fully saturated rings. The Morgan fingerprint density at radius 3 is 1.47 bits per heavy atom.